The first-order valence-corrected chi connectivity index (χ1v) is 7.71. The maximum absolute atomic E-state index is 12.5. The van der Waals surface area contributed by atoms with E-state index in [9.17, 15) is 4.79 Å². The minimum absolute atomic E-state index is 0.110. The number of hydrogen-bond donors (Lipinski definition) is 2. The lowest BCUT2D eigenvalue weighted by Gasteiger charge is -2.18. The van der Waals surface area contributed by atoms with Crippen molar-refractivity contribution in [3.8, 4) is 0 Å². The maximum Gasteiger partial charge on any atom is 0.287 e. The van der Waals surface area contributed by atoms with Crippen LogP contribution in [0.15, 0.2) is 40.8 Å². The smallest absolute Gasteiger partial charge is 0.287 e. The average molecular weight is 301 g/mol. The Morgan fingerprint density at radius 1 is 1.32 bits per heavy atom. The van der Waals surface area contributed by atoms with Crippen LogP contribution in [0.3, 0.4) is 0 Å². The minimum Gasteiger partial charge on any atom is -0.456 e. The van der Waals surface area contributed by atoms with Crippen molar-refractivity contribution in [2.45, 2.75) is 39.2 Å². The van der Waals surface area contributed by atoms with Gasteiger partial charge >= 0.3 is 0 Å². The molecule has 4 heteroatoms. The van der Waals surface area contributed by atoms with Crippen molar-refractivity contribution in [3.05, 3.63) is 59.0 Å². The van der Waals surface area contributed by atoms with E-state index >= 15 is 0 Å². The van der Waals surface area contributed by atoms with E-state index in [0.717, 1.165) is 23.3 Å². The summed E-state index contributed by atoms with van der Waals surface area (Å²) in [5.74, 6) is 0.986. The Bertz CT molecular complexity index is 604. The zero-order valence-electron chi connectivity index (χ0n) is 13.1. The highest BCUT2D eigenvalue weighted by Gasteiger charge is 2.20. The summed E-state index contributed by atoms with van der Waals surface area (Å²) in [5, 5.41) is 12.1. The fourth-order valence-electron chi connectivity index (χ4n) is 2.47. The van der Waals surface area contributed by atoms with Gasteiger partial charge in [-0.15, -0.1) is 0 Å². The highest BCUT2D eigenvalue weighted by molar-refractivity contribution is 5.93. The second kappa shape index (κ2) is 7.80. The summed E-state index contributed by atoms with van der Waals surface area (Å²) >= 11 is 0. The van der Waals surface area contributed by atoms with Crippen LogP contribution in [-0.4, -0.2) is 17.6 Å². The van der Waals surface area contributed by atoms with Gasteiger partial charge in [-0.25, -0.2) is 0 Å². The lowest BCUT2D eigenvalue weighted by Crippen LogP contribution is -2.29. The topological polar surface area (TPSA) is 62.5 Å². The van der Waals surface area contributed by atoms with E-state index in [2.05, 4.69) is 5.32 Å². The monoisotopic (exact) mass is 301 g/mol. The van der Waals surface area contributed by atoms with Crippen LogP contribution in [0.2, 0.25) is 0 Å². The van der Waals surface area contributed by atoms with Gasteiger partial charge in [-0.05, 0) is 31.4 Å². The van der Waals surface area contributed by atoms with E-state index in [1.807, 2.05) is 50.2 Å². The van der Waals surface area contributed by atoms with Crippen molar-refractivity contribution in [1.82, 2.24) is 5.32 Å². The van der Waals surface area contributed by atoms with E-state index in [4.69, 9.17) is 9.52 Å². The van der Waals surface area contributed by atoms with E-state index in [1.165, 1.54) is 0 Å². The summed E-state index contributed by atoms with van der Waals surface area (Å²) in [6, 6.07) is 11.6. The van der Waals surface area contributed by atoms with E-state index in [1.54, 1.807) is 0 Å². The van der Waals surface area contributed by atoms with Crippen molar-refractivity contribution < 1.29 is 14.3 Å². The molecule has 1 atom stereocenters. The molecule has 1 heterocycles. The second-order valence-electron chi connectivity index (χ2n) is 5.38. The Kier molecular flexibility index (Phi) is 5.78. The van der Waals surface area contributed by atoms with Gasteiger partial charge in [-0.2, -0.15) is 0 Å². The third-order valence-electron chi connectivity index (χ3n) is 3.68. The van der Waals surface area contributed by atoms with Gasteiger partial charge in [-0.3, -0.25) is 4.79 Å². The number of hydrogen-bond acceptors (Lipinski definition) is 3. The Labute approximate surface area is 131 Å². The minimum atomic E-state index is -0.205. The molecule has 0 saturated heterocycles. The fourth-order valence-corrected chi connectivity index (χ4v) is 2.47. The van der Waals surface area contributed by atoms with Gasteiger partial charge in [0.1, 0.15) is 5.76 Å². The van der Waals surface area contributed by atoms with Crippen LogP contribution in [0.1, 0.15) is 53.2 Å². The summed E-state index contributed by atoms with van der Waals surface area (Å²) in [5.41, 5.74) is 1.88. The number of rotatable bonds is 7. The number of aliphatic hydroxyl groups excluding tert-OH is 1. The van der Waals surface area contributed by atoms with Crippen molar-refractivity contribution in [3.63, 3.8) is 0 Å². The van der Waals surface area contributed by atoms with Crippen LogP contribution in [0.4, 0.5) is 0 Å². The normalized spacial score (nSPS) is 12.1. The van der Waals surface area contributed by atoms with Gasteiger partial charge in [-0.1, -0.05) is 37.3 Å². The van der Waals surface area contributed by atoms with Crippen LogP contribution >= 0.6 is 0 Å². The summed E-state index contributed by atoms with van der Waals surface area (Å²) in [4.78, 5) is 12.5. The van der Waals surface area contributed by atoms with E-state index < -0.39 is 0 Å². The predicted octanol–water partition coefficient (Wildman–Crippen LogP) is 3.39. The molecule has 1 aromatic carbocycles. The van der Waals surface area contributed by atoms with Crippen LogP contribution < -0.4 is 5.32 Å². The molecule has 2 N–H and O–H groups in total. The molecular weight excluding hydrogens is 278 g/mol. The molecule has 0 saturated carbocycles. The number of amides is 1. The summed E-state index contributed by atoms with van der Waals surface area (Å²) < 4.78 is 5.61. The third-order valence-corrected chi connectivity index (χ3v) is 3.68. The number of nitrogens with one attached hydrogen (secondary N) is 1. The van der Waals surface area contributed by atoms with Crippen LogP contribution in [0.25, 0.3) is 0 Å². The summed E-state index contributed by atoms with van der Waals surface area (Å²) in [6.45, 7) is 3.98. The van der Waals surface area contributed by atoms with Crippen molar-refractivity contribution >= 4 is 5.91 Å². The Hall–Kier alpha value is -2.07. The van der Waals surface area contributed by atoms with Gasteiger partial charge in [0.15, 0.2) is 5.76 Å². The molecule has 1 unspecified atom stereocenters. The van der Waals surface area contributed by atoms with Crippen molar-refractivity contribution in [2.75, 3.05) is 6.61 Å². The fraction of sp³-hybridized carbons (Fsp3) is 0.389. The van der Waals surface area contributed by atoms with E-state index in [0.29, 0.717) is 18.6 Å². The van der Waals surface area contributed by atoms with Gasteiger partial charge in [0.25, 0.3) is 5.91 Å². The van der Waals surface area contributed by atoms with Crippen LogP contribution in [0, 0.1) is 6.92 Å². The second-order valence-corrected chi connectivity index (χ2v) is 5.38. The molecule has 0 spiro atoms. The highest BCUT2D eigenvalue weighted by Crippen LogP contribution is 2.21. The molecule has 1 amide bonds. The number of carbonyl (C=O) groups excluding carboxylic acids is 1. The van der Waals surface area contributed by atoms with E-state index in [-0.39, 0.29) is 18.6 Å². The quantitative estimate of drug-likeness (QED) is 0.824. The molecule has 2 aromatic rings. The molecule has 4 nitrogen and oxygen atoms in total. The molecule has 0 aliphatic heterocycles. The molecular formula is C18H23NO3. The van der Waals surface area contributed by atoms with Gasteiger partial charge < -0.3 is 14.8 Å². The van der Waals surface area contributed by atoms with Gasteiger partial charge in [0, 0.05) is 18.6 Å². The summed E-state index contributed by atoms with van der Waals surface area (Å²) in [6.07, 6.45) is 2.09. The zero-order valence-corrected chi connectivity index (χ0v) is 13.1. The Morgan fingerprint density at radius 3 is 2.64 bits per heavy atom. The Morgan fingerprint density at radius 2 is 2.05 bits per heavy atom. The molecule has 0 bridgehead atoms. The zero-order chi connectivity index (χ0) is 15.9. The van der Waals surface area contributed by atoms with Gasteiger partial charge in [0.2, 0.25) is 0 Å². The molecule has 1 aromatic heterocycles. The predicted molar refractivity (Wildman–Crippen MR) is 85.8 cm³/mol. The SMILES string of the molecule is CCc1cc(C)c(C(=O)NC(CCCO)c2ccccc2)o1. The molecule has 0 radical (unpaired) electrons. The maximum atomic E-state index is 12.5. The molecule has 0 fully saturated rings. The van der Waals surface area contributed by atoms with Gasteiger partial charge in [0.05, 0.1) is 6.04 Å². The number of furan rings is 1. The lowest BCUT2D eigenvalue weighted by molar-refractivity contribution is 0.0901. The largest absolute Gasteiger partial charge is 0.456 e. The molecule has 0 aliphatic rings. The number of carbonyl (C=O) groups is 1. The number of aliphatic hydroxyl groups is 1. The molecule has 118 valence electrons. The average Bonchev–Trinajstić information content (AvgIpc) is 2.93. The van der Waals surface area contributed by atoms with Crippen LogP contribution in [-0.2, 0) is 6.42 Å². The van der Waals surface area contributed by atoms with Crippen molar-refractivity contribution in [2.24, 2.45) is 0 Å². The lowest BCUT2D eigenvalue weighted by atomic mass is 10.0. The first-order chi connectivity index (χ1) is 10.7. The first-order valence-electron chi connectivity index (χ1n) is 7.71. The molecule has 2 rings (SSSR count). The highest BCUT2D eigenvalue weighted by atomic mass is 16.4. The summed E-state index contributed by atoms with van der Waals surface area (Å²) in [7, 11) is 0. The first kappa shape index (κ1) is 16.3. The third kappa shape index (κ3) is 3.98. The standard InChI is InChI=1S/C18H23NO3/c1-3-15-12-13(2)17(22-15)18(21)19-16(10-7-11-20)14-8-5-4-6-9-14/h4-6,8-9,12,16,20H,3,7,10-11H2,1-2H3,(H,19,21). The van der Waals surface area contributed by atoms with Crippen LogP contribution in [0.5, 0.6) is 0 Å². The number of aryl methyl sites for hydroxylation is 2. The van der Waals surface area contributed by atoms with Crippen molar-refractivity contribution in [1.29, 1.82) is 0 Å². The number of benzene rings is 1. The molecule has 22 heavy (non-hydrogen) atoms. The molecule has 0 aliphatic carbocycles. The Balaban J connectivity index is 2.15.